The van der Waals surface area contributed by atoms with Crippen LogP contribution >= 0.6 is 0 Å². The van der Waals surface area contributed by atoms with Gasteiger partial charge in [-0.2, -0.15) is 4.39 Å². The third-order valence-corrected chi connectivity index (χ3v) is 2.79. The number of carboxylic acid groups (broad SMARTS) is 1. The van der Waals surface area contributed by atoms with Crippen molar-refractivity contribution in [1.82, 2.24) is 0 Å². The Morgan fingerprint density at radius 1 is 1.15 bits per heavy atom. The first-order chi connectivity index (χ1) is 9.47. The number of nitrogens with zero attached hydrogens (tertiary/aromatic N) is 1. The van der Waals surface area contributed by atoms with E-state index in [2.05, 4.69) is 0 Å². The molecule has 2 aromatic rings. The Morgan fingerprint density at radius 3 is 2.25 bits per heavy atom. The highest BCUT2D eigenvalue weighted by atomic mass is 19.1. The van der Waals surface area contributed by atoms with Crippen LogP contribution in [0.15, 0.2) is 42.5 Å². The van der Waals surface area contributed by atoms with Crippen LogP contribution in [0.2, 0.25) is 0 Å². The highest BCUT2D eigenvalue weighted by Gasteiger charge is 2.14. The highest BCUT2D eigenvalue weighted by Crippen LogP contribution is 2.25. The molecule has 2 rings (SSSR count). The van der Waals surface area contributed by atoms with Crippen LogP contribution in [0.3, 0.4) is 0 Å². The monoisotopic (exact) mass is 275 g/mol. The lowest BCUT2D eigenvalue weighted by molar-refractivity contribution is -0.387. The molecule has 0 saturated heterocycles. The van der Waals surface area contributed by atoms with Gasteiger partial charge in [0.25, 0.3) is 0 Å². The van der Waals surface area contributed by atoms with Gasteiger partial charge in [-0.1, -0.05) is 24.3 Å². The Bertz CT molecular complexity index is 667. The summed E-state index contributed by atoms with van der Waals surface area (Å²) in [5.74, 6) is -1.83. The van der Waals surface area contributed by atoms with E-state index in [1.807, 2.05) is 0 Å². The number of benzene rings is 2. The molecule has 0 aliphatic carbocycles. The number of hydrogen-bond acceptors (Lipinski definition) is 3. The zero-order chi connectivity index (χ0) is 14.7. The van der Waals surface area contributed by atoms with Gasteiger partial charge in [-0.05, 0) is 28.8 Å². The molecule has 0 bridgehead atoms. The van der Waals surface area contributed by atoms with Crippen LogP contribution in [0.1, 0.15) is 5.56 Å². The number of rotatable bonds is 4. The van der Waals surface area contributed by atoms with Gasteiger partial charge in [0, 0.05) is 6.07 Å². The van der Waals surface area contributed by atoms with Crippen molar-refractivity contribution in [2.75, 3.05) is 0 Å². The molecule has 5 nitrogen and oxygen atoms in total. The van der Waals surface area contributed by atoms with Crippen LogP contribution in [0.5, 0.6) is 0 Å². The number of hydrogen-bond donors (Lipinski definition) is 1. The van der Waals surface area contributed by atoms with E-state index in [4.69, 9.17) is 5.11 Å². The second-order valence-electron chi connectivity index (χ2n) is 4.19. The first-order valence-electron chi connectivity index (χ1n) is 5.72. The van der Waals surface area contributed by atoms with Crippen molar-refractivity contribution in [3.05, 3.63) is 64.0 Å². The summed E-state index contributed by atoms with van der Waals surface area (Å²) in [4.78, 5) is 20.3. The topological polar surface area (TPSA) is 80.4 Å². The molecule has 2 aromatic carbocycles. The van der Waals surface area contributed by atoms with Crippen LogP contribution in [0.4, 0.5) is 10.1 Å². The molecule has 6 heteroatoms. The largest absolute Gasteiger partial charge is 0.481 e. The van der Waals surface area contributed by atoms with Gasteiger partial charge in [0.2, 0.25) is 5.82 Å². The second-order valence-corrected chi connectivity index (χ2v) is 4.19. The number of halogens is 1. The average Bonchev–Trinajstić information content (AvgIpc) is 2.38. The fraction of sp³-hybridized carbons (Fsp3) is 0.0714. The number of nitro benzene ring substituents is 1. The van der Waals surface area contributed by atoms with Gasteiger partial charge in [0.1, 0.15) is 0 Å². The van der Waals surface area contributed by atoms with Crippen molar-refractivity contribution in [3.63, 3.8) is 0 Å². The van der Waals surface area contributed by atoms with Gasteiger partial charge in [0.15, 0.2) is 0 Å². The van der Waals surface area contributed by atoms with Crippen molar-refractivity contribution in [2.24, 2.45) is 0 Å². The van der Waals surface area contributed by atoms with Crippen LogP contribution in [-0.2, 0) is 11.2 Å². The van der Waals surface area contributed by atoms with E-state index in [1.165, 1.54) is 6.07 Å². The van der Waals surface area contributed by atoms with Crippen molar-refractivity contribution >= 4 is 11.7 Å². The molecule has 0 saturated carbocycles. The van der Waals surface area contributed by atoms with Crippen LogP contribution in [0.25, 0.3) is 11.1 Å². The molecule has 0 aliphatic rings. The molecule has 0 fully saturated rings. The van der Waals surface area contributed by atoms with E-state index >= 15 is 0 Å². The third kappa shape index (κ3) is 2.97. The summed E-state index contributed by atoms with van der Waals surface area (Å²) >= 11 is 0. The van der Waals surface area contributed by atoms with Gasteiger partial charge in [0.05, 0.1) is 11.3 Å². The molecule has 0 radical (unpaired) electrons. The van der Waals surface area contributed by atoms with Gasteiger partial charge in [-0.25, -0.2) is 0 Å². The average molecular weight is 275 g/mol. The Balaban J connectivity index is 2.30. The normalized spacial score (nSPS) is 10.2. The van der Waals surface area contributed by atoms with Gasteiger partial charge >= 0.3 is 11.7 Å². The second kappa shape index (κ2) is 5.48. The molecule has 0 aliphatic heterocycles. The quantitative estimate of drug-likeness (QED) is 0.687. The first kappa shape index (κ1) is 13.7. The SMILES string of the molecule is O=C(O)Cc1ccc(-c2ccc([N+](=O)[O-])c(F)c2)cc1. The summed E-state index contributed by atoms with van der Waals surface area (Å²) in [7, 11) is 0. The molecule has 0 atom stereocenters. The van der Waals surface area contributed by atoms with E-state index in [0.29, 0.717) is 16.7 Å². The predicted molar refractivity (Wildman–Crippen MR) is 69.8 cm³/mol. The number of aliphatic carboxylic acids is 1. The Labute approximate surface area is 113 Å². The summed E-state index contributed by atoms with van der Waals surface area (Å²) in [6, 6.07) is 10.2. The smallest absolute Gasteiger partial charge is 0.307 e. The first-order valence-corrected chi connectivity index (χ1v) is 5.72. The minimum absolute atomic E-state index is 0.0884. The summed E-state index contributed by atoms with van der Waals surface area (Å²) in [6.07, 6.45) is -0.0884. The summed E-state index contributed by atoms with van der Waals surface area (Å²) < 4.78 is 13.5. The molecule has 0 aromatic heterocycles. The fourth-order valence-electron chi connectivity index (χ4n) is 1.82. The lowest BCUT2D eigenvalue weighted by Gasteiger charge is -2.04. The molecule has 1 N–H and O–H groups in total. The molecule has 102 valence electrons. The van der Waals surface area contributed by atoms with E-state index in [-0.39, 0.29) is 6.42 Å². The maximum Gasteiger partial charge on any atom is 0.307 e. The summed E-state index contributed by atoms with van der Waals surface area (Å²) in [5, 5.41) is 19.2. The van der Waals surface area contributed by atoms with E-state index in [9.17, 15) is 19.3 Å². The lowest BCUT2D eigenvalue weighted by atomic mass is 10.0. The molecular weight excluding hydrogens is 265 g/mol. The predicted octanol–water partition coefficient (Wildman–Crippen LogP) is 3.03. The standard InChI is InChI=1S/C14H10FNO4/c15-12-8-11(5-6-13(12)16(19)20)10-3-1-9(2-4-10)7-14(17)18/h1-6,8H,7H2,(H,17,18). The minimum atomic E-state index is -0.931. The summed E-state index contributed by atoms with van der Waals surface area (Å²) in [5.41, 5.74) is 1.21. The molecule has 0 amide bonds. The lowest BCUT2D eigenvalue weighted by Crippen LogP contribution is -1.99. The van der Waals surface area contributed by atoms with Crippen molar-refractivity contribution in [2.45, 2.75) is 6.42 Å². The van der Waals surface area contributed by atoms with Gasteiger partial charge < -0.3 is 5.11 Å². The van der Waals surface area contributed by atoms with Crippen LogP contribution < -0.4 is 0 Å². The molecular formula is C14H10FNO4. The Morgan fingerprint density at radius 2 is 1.75 bits per heavy atom. The van der Waals surface area contributed by atoms with Crippen molar-refractivity contribution < 1.29 is 19.2 Å². The van der Waals surface area contributed by atoms with Crippen molar-refractivity contribution in [1.29, 1.82) is 0 Å². The van der Waals surface area contributed by atoms with E-state index < -0.39 is 22.4 Å². The van der Waals surface area contributed by atoms with Gasteiger partial charge in [-0.15, -0.1) is 0 Å². The minimum Gasteiger partial charge on any atom is -0.481 e. The van der Waals surface area contributed by atoms with E-state index in [1.54, 1.807) is 24.3 Å². The third-order valence-electron chi connectivity index (χ3n) is 2.79. The van der Waals surface area contributed by atoms with E-state index in [0.717, 1.165) is 12.1 Å². The molecule has 0 heterocycles. The zero-order valence-electron chi connectivity index (χ0n) is 10.2. The maximum atomic E-state index is 13.5. The molecule has 20 heavy (non-hydrogen) atoms. The molecule has 0 unspecified atom stereocenters. The van der Waals surface area contributed by atoms with Gasteiger partial charge in [-0.3, -0.25) is 14.9 Å². The number of nitro groups is 1. The number of carboxylic acids is 1. The Kier molecular flexibility index (Phi) is 3.74. The maximum absolute atomic E-state index is 13.5. The molecule has 0 spiro atoms. The number of carbonyl (C=O) groups is 1. The zero-order valence-corrected chi connectivity index (χ0v) is 10.2. The fourth-order valence-corrected chi connectivity index (χ4v) is 1.82. The van der Waals surface area contributed by atoms with Crippen LogP contribution in [0, 0.1) is 15.9 Å². The highest BCUT2D eigenvalue weighted by molar-refractivity contribution is 5.71. The van der Waals surface area contributed by atoms with Crippen molar-refractivity contribution in [3.8, 4) is 11.1 Å². The van der Waals surface area contributed by atoms with Crippen LogP contribution in [-0.4, -0.2) is 16.0 Å². The summed E-state index contributed by atoms with van der Waals surface area (Å²) in [6.45, 7) is 0. The Hall–Kier alpha value is -2.76.